The first kappa shape index (κ1) is 48.1. The number of likely N-dealkylation sites (tertiary alicyclic amines) is 1. The van der Waals surface area contributed by atoms with Gasteiger partial charge >= 0.3 is 0 Å². The quantitative estimate of drug-likeness (QED) is 0.0662. The van der Waals surface area contributed by atoms with Crippen LogP contribution in [0, 0.1) is 32.0 Å². The predicted molar refractivity (Wildman–Crippen MR) is 260 cm³/mol. The number of β-amino-alcohol motifs (C(OH)–C–C–N with tert-alkyl or cyclic N) is 1. The van der Waals surface area contributed by atoms with Crippen LogP contribution in [0.5, 0.6) is 0 Å². The van der Waals surface area contributed by atoms with Gasteiger partial charge in [-0.1, -0.05) is 70.0 Å². The molecule has 3 aromatic carbocycles. The number of aliphatic hydroxyl groups is 1. The van der Waals surface area contributed by atoms with E-state index in [1.54, 1.807) is 23.6 Å². The molecule has 1 fully saturated rings. The number of benzene rings is 3. The second-order valence-corrected chi connectivity index (χ2v) is 19.8. The van der Waals surface area contributed by atoms with Crippen molar-refractivity contribution < 1.29 is 23.9 Å². The first-order valence-corrected chi connectivity index (χ1v) is 23.8. The lowest BCUT2D eigenvalue weighted by molar-refractivity contribution is -0.144. The van der Waals surface area contributed by atoms with E-state index < -0.39 is 23.6 Å². The maximum Gasteiger partial charge on any atom is 0.246 e. The summed E-state index contributed by atoms with van der Waals surface area (Å²) in [7, 11) is 1.97. The fourth-order valence-corrected chi connectivity index (χ4v) is 9.97. The maximum atomic E-state index is 14.1. The molecule has 14 heteroatoms. The Morgan fingerprint density at radius 1 is 0.924 bits per heavy atom. The molecule has 0 aliphatic carbocycles. The molecule has 348 valence electrons. The molecule has 3 aromatic heterocycles. The number of unbranched alkanes of at least 4 members (excludes halogenated alkanes) is 3. The number of fused-ring (bicyclic) bond motifs is 1. The summed E-state index contributed by atoms with van der Waals surface area (Å²) in [6.45, 7) is 15.4. The molecule has 3 amide bonds. The number of hydrogen-bond acceptors (Lipinski definition) is 9. The van der Waals surface area contributed by atoms with Crippen molar-refractivity contribution in [2.75, 3.05) is 13.1 Å². The zero-order valence-corrected chi connectivity index (χ0v) is 40.2. The molecule has 0 bridgehead atoms. The molecule has 12 nitrogen and oxygen atoms in total. The van der Waals surface area contributed by atoms with Gasteiger partial charge in [0, 0.05) is 61.8 Å². The van der Waals surface area contributed by atoms with Gasteiger partial charge in [0.15, 0.2) is 0 Å². The molecule has 1 aliphatic heterocycles. The molecular weight excluding hydrogens is 852 g/mol. The molecular formula is C52H63FN8O4S. The number of carbonyl (C=O) groups is 3. The van der Waals surface area contributed by atoms with Gasteiger partial charge in [-0.15, -0.1) is 11.3 Å². The summed E-state index contributed by atoms with van der Waals surface area (Å²) in [4.78, 5) is 57.2. The van der Waals surface area contributed by atoms with Crippen molar-refractivity contribution in [3.05, 3.63) is 112 Å². The number of amides is 3. The van der Waals surface area contributed by atoms with Crippen LogP contribution in [-0.4, -0.2) is 78.5 Å². The number of carbonyl (C=O) groups excluding carboxylic acids is 3. The van der Waals surface area contributed by atoms with E-state index in [-0.39, 0.29) is 49.0 Å². The molecule has 6 aromatic rings. The third-order valence-electron chi connectivity index (χ3n) is 12.6. The number of hydrogen-bond donors (Lipinski definition) is 4. The van der Waals surface area contributed by atoms with Gasteiger partial charge in [0.2, 0.25) is 17.7 Å². The van der Waals surface area contributed by atoms with Crippen molar-refractivity contribution >= 4 is 40.0 Å². The summed E-state index contributed by atoms with van der Waals surface area (Å²) in [5.74, 6) is -1.22. The Morgan fingerprint density at radius 3 is 2.35 bits per heavy atom. The van der Waals surface area contributed by atoms with Crippen molar-refractivity contribution in [3.63, 3.8) is 0 Å². The lowest BCUT2D eigenvalue weighted by atomic mass is 9.85. The summed E-state index contributed by atoms with van der Waals surface area (Å²) < 4.78 is 16.0. The number of thiazole rings is 1. The SMILES string of the molecule is Cc1cc(CNCCCCCCC(=O)N[C@H](C(=O)N2C[C@H](O)C[C@H]2C(=O)N[C@@H](C)c2ccc(-c3scnc3C)cc2)C(C)(C)C)cc(C)c1-c1ncn(C)c1-c1ccnc2cc(F)ccc12. The molecule has 1 saturated heterocycles. The van der Waals surface area contributed by atoms with Crippen molar-refractivity contribution in [1.29, 1.82) is 0 Å². The monoisotopic (exact) mass is 914 g/mol. The van der Waals surface area contributed by atoms with Crippen LogP contribution in [0.3, 0.4) is 0 Å². The average molecular weight is 915 g/mol. The molecule has 4 atom stereocenters. The van der Waals surface area contributed by atoms with Crippen LogP contribution >= 0.6 is 11.3 Å². The highest BCUT2D eigenvalue weighted by Crippen LogP contribution is 2.38. The number of aromatic nitrogens is 4. The standard InChI is InChI=1S/C52H63FN8O4S/c1-31-23-35(24-32(2)45(31)46-47(60(8)29-56-46)41-20-22-55-42-25-38(53)18-19-40(41)42)27-54-21-12-10-9-11-13-44(63)59-49(52(5,6)7)51(65)61-28-39(62)26-43(61)50(64)58-33(3)36-14-16-37(17-15-36)48-34(4)57-30-66-48/h14-20,22-25,29-30,33,39,43,49,54,62H,9-13,21,26-28H2,1-8H3,(H,58,64)(H,59,63)/t33-,39+,43-,49+/m0/s1. The second-order valence-electron chi connectivity index (χ2n) is 18.9. The Kier molecular flexibility index (Phi) is 15.1. The van der Waals surface area contributed by atoms with E-state index >= 15 is 0 Å². The summed E-state index contributed by atoms with van der Waals surface area (Å²) >= 11 is 1.58. The molecule has 0 radical (unpaired) electrons. The van der Waals surface area contributed by atoms with E-state index in [1.165, 1.54) is 22.6 Å². The Morgan fingerprint density at radius 2 is 1.65 bits per heavy atom. The number of pyridine rings is 1. The minimum absolute atomic E-state index is 0.0247. The lowest BCUT2D eigenvalue weighted by Gasteiger charge is -2.35. The van der Waals surface area contributed by atoms with Crippen LogP contribution in [0.25, 0.3) is 43.9 Å². The Labute approximate surface area is 391 Å². The van der Waals surface area contributed by atoms with Crippen LogP contribution < -0.4 is 16.0 Å². The Hall–Kier alpha value is -5.83. The predicted octanol–water partition coefficient (Wildman–Crippen LogP) is 8.90. The smallest absolute Gasteiger partial charge is 0.246 e. The van der Waals surface area contributed by atoms with Crippen LogP contribution in [0.2, 0.25) is 0 Å². The molecule has 0 saturated carbocycles. The fourth-order valence-electron chi connectivity index (χ4n) is 9.16. The molecule has 0 unspecified atom stereocenters. The largest absolute Gasteiger partial charge is 0.391 e. The van der Waals surface area contributed by atoms with Gasteiger partial charge in [-0.05, 0) is 98.5 Å². The average Bonchev–Trinajstić information content (AvgIpc) is 4.00. The molecule has 1 aliphatic rings. The normalized spacial score (nSPS) is 16.1. The summed E-state index contributed by atoms with van der Waals surface area (Å²) in [6, 6.07) is 17.0. The van der Waals surface area contributed by atoms with E-state index in [2.05, 4.69) is 51.9 Å². The minimum Gasteiger partial charge on any atom is -0.391 e. The van der Waals surface area contributed by atoms with Crippen LogP contribution in [0.4, 0.5) is 4.39 Å². The number of halogens is 1. The van der Waals surface area contributed by atoms with Gasteiger partial charge in [0.1, 0.15) is 17.9 Å². The van der Waals surface area contributed by atoms with Gasteiger partial charge in [-0.25, -0.2) is 14.4 Å². The summed E-state index contributed by atoms with van der Waals surface area (Å²) in [5.41, 5.74) is 12.1. The van der Waals surface area contributed by atoms with Gasteiger partial charge in [0.25, 0.3) is 0 Å². The minimum atomic E-state index is -0.865. The molecule has 7 rings (SSSR count). The number of nitrogens with one attached hydrogen (secondary N) is 3. The number of nitrogens with zero attached hydrogens (tertiary/aromatic N) is 5. The highest BCUT2D eigenvalue weighted by Gasteiger charge is 2.44. The molecule has 66 heavy (non-hydrogen) atoms. The fraction of sp³-hybridized carbons (Fsp3) is 0.423. The Bertz CT molecular complexity index is 2670. The summed E-state index contributed by atoms with van der Waals surface area (Å²) in [5, 5.41) is 21.2. The van der Waals surface area contributed by atoms with E-state index in [1.807, 2.05) is 88.4 Å². The number of imidazole rings is 1. The highest BCUT2D eigenvalue weighted by molar-refractivity contribution is 7.13. The van der Waals surface area contributed by atoms with Crippen LogP contribution in [0.1, 0.15) is 100 Å². The van der Waals surface area contributed by atoms with Gasteiger partial charge in [0.05, 0.1) is 51.5 Å². The van der Waals surface area contributed by atoms with Crippen molar-refractivity contribution in [2.45, 2.75) is 118 Å². The Balaban J connectivity index is 0.860. The number of aryl methyl sites for hydroxylation is 4. The second kappa shape index (κ2) is 20.8. The topological polar surface area (TPSA) is 154 Å². The van der Waals surface area contributed by atoms with Crippen LogP contribution in [0.15, 0.2) is 78.7 Å². The van der Waals surface area contributed by atoms with E-state index in [9.17, 15) is 23.9 Å². The number of rotatable bonds is 17. The highest BCUT2D eigenvalue weighted by atomic mass is 32.1. The van der Waals surface area contributed by atoms with Crippen molar-refractivity contribution in [1.82, 2.24) is 40.4 Å². The van der Waals surface area contributed by atoms with Crippen molar-refractivity contribution in [2.24, 2.45) is 12.5 Å². The van der Waals surface area contributed by atoms with Gasteiger partial charge in [-0.2, -0.15) is 0 Å². The van der Waals surface area contributed by atoms with Crippen molar-refractivity contribution in [3.8, 4) is 33.0 Å². The first-order chi connectivity index (χ1) is 31.5. The summed E-state index contributed by atoms with van der Waals surface area (Å²) in [6.07, 6.45) is 6.57. The molecule has 4 heterocycles. The van der Waals surface area contributed by atoms with E-state index in [4.69, 9.17) is 4.98 Å². The van der Waals surface area contributed by atoms with Crippen LogP contribution in [-0.2, 0) is 28.0 Å². The lowest BCUT2D eigenvalue weighted by Crippen LogP contribution is -2.57. The first-order valence-electron chi connectivity index (χ1n) is 23.0. The third-order valence-corrected chi connectivity index (χ3v) is 13.6. The maximum absolute atomic E-state index is 14.1. The third kappa shape index (κ3) is 11.1. The number of aliphatic hydroxyl groups excluding tert-OH is 1. The molecule has 4 N–H and O–H groups in total. The van der Waals surface area contributed by atoms with E-state index in [0.717, 1.165) is 93.1 Å². The van der Waals surface area contributed by atoms with Gasteiger partial charge < -0.3 is 30.5 Å². The zero-order chi connectivity index (χ0) is 47.3. The zero-order valence-electron chi connectivity index (χ0n) is 39.4. The molecule has 0 spiro atoms. The van der Waals surface area contributed by atoms with E-state index in [0.29, 0.717) is 11.9 Å². The van der Waals surface area contributed by atoms with Gasteiger partial charge in [-0.3, -0.25) is 19.4 Å².